The van der Waals surface area contributed by atoms with Gasteiger partial charge in [-0.1, -0.05) is 12.8 Å². The van der Waals surface area contributed by atoms with Gasteiger partial charge in [0.2, 0.25) is 10.0 Å². The van der Waals surface area contributed by atoms with Gasteiger partial charge in [0.25, 0.3) is 0 Å². The lowest BCUT2D eigenvalue weighted by atomic mass is 10.1. The van der Waals surface area contributed by atoms with Crippen LogP contribution in [-0.2, 0) is 16.4 Å². The number of nitrogens with one attached hydrogen (secondary N) is 1. The molecule has 0 saturated heterocycles. The van der Waals surface area contributed by atoms with Crippen LogP contribution in [0.5, 0.6) is 5.75 Å². The Morgan fingerprint density at radius 2 is 2.05 bits per heavy atom. The lowest BCUT2D eigenvalue weighted by Gasteiger charge is -2.13. The van der Waals surface area contributed by atoms with Crippen molar-refractivity contribution in [2.75, 3.05) is 6.54 Å². The largest absolute Gasteiger partial charge is 0.488 e. The highest BCUT2D eigenvalue weighted by Gasteiger charge is 2.26. The molecule has 0 radical (unpaired) electrons. The van der Waals surface area contributed by atoms with E-state index in [9.17, 15) is 8.42 Å². The predicted octanol–water partition coefficient (Wildman–Crippen LogP) is 1.17. The Hall–Kier alpha value is -1.11. The van der Waals surface area contributed by atoms with Gasteiger partial charge < -0.3 is 10.5 Å². The van der Waals surface area contributed by atoms with Crippen LogP contribution in [0.3, 0.4) is 0 Å². The van der Waals surface area contributed by atoms with E-state index in [1.165, 1.54) is 0 Å². The van der Waals surface area contributed by atoms with Gasteiger partial charge in [-0.2, -0.15) is 0 Å². The number of fused-ring (bicyclic) bond motifs is 1. The molecule has 1 aliphatic heterocycles. The number of ether oxygens (including phenoxy) is 1. The molecule has 1 fully saturated rings. The van der Waals surface area contributed by atoms with Crippen molar-refractivity contribution in [3.8, 4) is 5.75 Å². The van der Waals surface area contributed by atoms with Crippen LogP contribution >= 0.6 is 0 Å². The molecule has 0 spiro atoms. The molecule has 1 aromatic rings. The minimum absolute atomic E-state index is 0.0363. The fourth-order valence-corrected chi connectivity index (χ4v) is 4.28. The lowest BCUT2D eigenvalue weighted by Crippen LogP contribution is -2.32. The quantitative estimate of drug-likeness (QED) is 0.874. The van der Waals surface area contributed by atoms with Crippen LogP contribution in [0.2, 0.25) is 0 Å². The minimum Gasteiger partial charge on any atom is -0.488 e. The van der Waals surface area contributed by atoms with E-state index in [-0.39, 0.29) is 12.1 Å². The lowest BCUT2D eigenvalue weighted by molar-refractivity contribution is 0.241. The average molecular weight is 296 g/mol. The van der Waals surface area contributed by atoms with Gasteiger partial charge in [-0.05, 0) is 36.6 Å². The Bertz CT molecular complexity index is 594. The summed E-state index contributed by atoms with van der Waals surface area (Å²) in [6, 6.07) is 5.13. The van der Waals surface area contributed by atoms with Crippen LogP contribution in [0.25, 0.3) is 0 Å². The number of sulfonamides is 1. The highest BCUT2D eigenvalue weighted by molar-refractivity contribution is 7.89. The first kappa shape index (κ1) is 13.9. The molecular formula is C14H20N2O3S. The van der Waals surface area contributed by atoms with Gasteiger partial charge in [-0.15, -0.1) is 0 Å². The third-order valence-corrected chi connectivity index (χ3v) is 5.54. The van der Waals surface area contributed by atoms with E-state index in [0.29, 0.717) is 17.9 Å². The summed E-state index contributed by atoms with van der Waals surface area (Å²) in [6.45, 7) is 0.442. The van der Waals surface area contributed by atoms with Crippen LogP contribution in [0.1, 0.15) is 31.2 Å². The molecule has 1 aliphatic carbocycles. The van der Waals surface area contributed by atoms with Crippen LogP contribution < -0.4 is 15.2 Å². The van der Waals surface area contributed by atoms with Gasteiger partial charge in [0.1, 0.15) is 11.9 Å². The Labute approximate surface area is 119 Å². The third kappa shape index (κ3) is 2.68. The van der Waals surface area contributed by atoms with Crippen molar-refractivity contribution in [1.29, 1.82) is 0 Å². The van der Waals surface area contributed by atoms with Gasteiger partial charge in [0, 0.05) is 19.0 Å². The molecule has 3 rings (SSSR count). The number of nitrogens with two attached hydrogens (primary N) is 1. The standard InChI is InChI=1S/C14H20N2O3S/c15-9-12-7-10-8-13(5-6-14(10)19-12)20(17,18)16-11-3-1-2-4-11/h5-6,8,11-12,16H,1-4,7,9,15H2. The Kier molecular flexibility index (Phi) is 3.70. The van der Waals surface area contributed by atoms with E-state index in [2.05, 4.69) is 4.72 Å². The topological polar surface area (TPSA) is 81.4 Å². The highest BCUT2D eigenvalue weighted by atomic mass is 32.2. The maximum atomic E-state index is 12.4. The van der Waals surface area contributed by atoms with E-state index < -0.39 is 10.0 Å². The SMILES string of the molecule is NCC1Cc2cc(S(=O)(=O)NC3CCCC3)ccc2O1. The predicted molar refractivity (Wildman–Crippen MR) is 76.2 cm³/mol. The first-order valence-corrected chi connectivity index (χ1v) is 8.59. The van der Waals surface area contributed by atoms with Crippen LogP contribution in [0.4, 0.5) is 0 Å². The summed E-state index contributed by atoms with van der Waals surface area (Å²) >= 11 is 0. The first-order valence-electron chi connectivity index (χ1n) is 7.10. The Morgan fingerprint density at radius 3 is 2.75 bits per heavy atom. The molecule has 6 heteroatoms. The molecule has 1 atom stereocenters. The van der Waals surface area contributed by atoms with Crippen molar-refractivity contribution in [2.45, 2.75) is 49.1 Å². The molecule has 1 heterocycles. The number of rotatable bonds is 4. The third-order valence-electron chi connectivity index (χ3n) is 4.02. The van der Waals surface area contributed by atoms with Gasteiger partial charge in [0.15, 0.2) is 0 Å². The van der Waals surface area contributed by atoms with E-state index in [1.54, 1.807) is 18.2 Å². The molecule has 1 aromatic carbocycles. The molecule has 1 unspecified atom stereocenters. The zero-order chi connectivity index (χ0) is 14.2. The summed E-state index contributed by atoms with van der Waals surface area (Å²) < 4.78 is 33.1. The maximum absolute atomic E-state index is 12.4. The Balaban J connectivity index is 1.80. The second-order valence-corrected chi connectivity index (χ2v) is 7.27. The van der Waals surface area contributed by atoms with Crippen molar-refractivity contribution in [1.82, 2.24) is 4.72 Å². The van der Waals surface area contributed by atoms with Gasteiger partial charge in [-0.25, -0.2) is 13.1 Å². The van der Waals surface area contributed by atoms with E-state index >= 15 is 0 Å². The fraction of sp³-hybridized carbons (Fsp3) is 0.571. The number of hydrogen-bond donors (Lipinski definition) is 2. The van der Waals surface area contributed by atoms with Crippen molar-refractivity contribution in [3.05, 3.63) is 23.8 Å². The summed E-state index contributed by atoms with van der Waals surface area (Å²) in [5.74, 6) is 0.750. The molecule has 20 heavy (non-hydrogen) atoms. The summed E-state index contributed by atoms with van der Waals surface area (Å²) in [5, 5.41) is 0. The number of hydrogen-bond acceptors (Lipinski definition) is 4. The monoisotopic (exact) mass is 296 g/mol. The normalized spacial score (nSPS) is 22.8. The highest BCUT2D eigenvalue weighted by Crippen LogP contribution is 2.31. The van der Waals surface area contributed by atoms with Gasteiger partial charge in [0.05, 0.1) is 4.90 Å². The molecule has 3 N–H and O–H groups in total. The van der Waals surface area contributed by atoms with E-state index in [4.69, 9.17) is 10.5 Å². The molecule has 0 bridgehead atoms. The minimum atomic E-state index is -3.43. The first-order chi connectivity index (χ1) is 9.58. The van der Waals surface area contributed by atoms with Gasteiger partial charge >= 0.3 is 0 Å². The summed E-state index contributed by atoms with van der Waals surface area (Å²) in [5.41, 5.74) is 6.52. The van der Waals surface area contributed by atoms with Crippen molar-refractivity contribution < 1.29 is 13.2 Å². The fourth-order valence-electron chi connectivity index (χ4n) is 2.93. The van der Waals surface area contributed by atoms with Gasteiger partial charge in [-0.3, -0.25) is 0 Å². The number of benzene rings is 1. The smallest absolute Gasteiger partial charge is 0.240 e. The van der Waals surface area contributed by atoms with Crippen molar-refractivity contribution >= 4 is 10.0 Å². The molecule has 1 saturated carbocycles. The average Bonchev–Trinajstić information content (AvgIpc) is 3.05. The van der Waals surface area contributed by atoms with Crippen LogP contribution in [0.15, 0.2) is 23.1 Å². The van der Waals surface area contributed by atoms with E-state index in [1.807, 2.05) is 0 Å². The maximum Gasteiger partial charge on any atom is 0.240 e. The summed E-state index contributed by atoms with van der Waals surface area (Å²) in [6.07, 6.45) is 4.71. The Morgan fingerprint density at radius 1 is 1.30 bits per heavy atom. The summed E-state index contributed by atoms with van der Waals surface area (Å²) in [4.78, 5) is 0.324. The van der Waals surface area contributed by atoms with Crippen molar-refractivity contribution in [3.63, 3.8) is 0 Å². The summed E-state index contributed by atoms with van der Waals surface area (Å²) in [7, 11) is -3.43. The molecule has 0 aromatic heterocycles. The van der Waals surface area contributed by atoms with E-state index in [0.717, 1.165) is 37.0 Å². The molecular weight excluding hydrogens is 276 g/mol. The van der Waals surface area contributed by atoms with Crippen molar-refractivity contribution in [2.24, 2.45) is 5.73 Å². The zero-order valence-electron chi connectivity index (χ0n) is 11.3. The molecule has 2 aliphatic rings. The molecule has 5 nitrogen and oxygen atoms in total. The van der Waals surface area contributed by atoms with Crippen LogP contribution in [0, 0.1) is 0 Å². The molecule has 0 amide bonds. The second kappa shape index (κ2) is 5.35. The van der Waals surface area contributed by atoms with Crippen LogP contribution in [-0.4, -0.2) is 27.1 Å². The molecule has 110 valence electrons. The second-order valence-electron chi connectivity index (χ2n) is 5.55. The zero-order valence-corrected chi connectivity index (χ0v) is 12.2.